The molecule has 336 valence electrons. The molecule has 62 heavy (non-hydrogen) atoms. The van der Waals surface area contributed by atoms with Crippen molar-refractivity contribution in [2.45, 2.75) is 169 Å². The minimum atomic E-state index is -1.09. The largest absolute Gasteiger partial charge is 0.512 e. The summed E-state index contributed by atoms with van der Waals surface area (Å²) in [5.41, 5.74) is 9.71. The molecule has 0 spiro atoms. The van der Waals surface area contributed by atoms with E-state index in [1.807, 2.05) is 32.1 Å². The molecular weight excluding hydrogens is 777 g/mol. The van der Waals surface area contributed by atoms with Crippen molar-refractivity contribution in [3.63, 3.8) is 0 Å². The third kappa shape index (κ3) is 9.69. The lowest BCUT2D eigenvalue weighted by molar-refractivity contribution is -0.143. The highest BCUT2D eigenvalue weighted by Crippen LogP contribution is 2.46. The molecule has 0 saturated heterocycles. The van der Waals surface area contributed by atoms with Gasteiger partial charge in [0.2, 0.25) is 0 Å². The standard InChI is InChI=1S/C52H72N4O6/c1-12-16-28(3)17-14-18-29(4)19-15-20-30(5)23-24-62-44(58)22-21-37-32(7)39-25-40-33(8)45(35(10)57)43(54-40)27-38-31(6)36(13-2)42(53-38)26-41-34(9)46-50(56-41)47(49(37)55-39)48(51(46)59)52(60)61-11/h23,25-29,31-32,36-37,48,54,56-57,59H,12-22,24H2,1-11H3/b30-23+,39-25?,42-26?,43-27?,45-35+/t28-,29-,31-,32+,36-,37+,48-/m1/s1. The smallest absolute Gasteiger partial charge is 0.321 e. The van der Waals surface area contributed by atoms with E-state index >= 15 is 0 Å². The normalized spacial score (nSPS) is 21.2. The fourth-order valence-electron chi connectivity index (χ4n) is 10.4. The van der Waals surface area contributed by atoms with Crippen LogP contribution in [0.2, 0.25) is 0 Å². The summed E-state index contributed by atoms with van der Waals surface area (Å²) in [6, 6.07) is 6.12. The number of carbonyl (C=O) groups excluding carboxylic acids is 2. The number of fused-ring (bicyclic) bond motifs is 8. The third-order valence-corrected chi connectivity index (χ3v) is 14.2. The monoisotopic (exact) mass is 849 g/mol. The van der Waals surface area contributed by atoms with Crippen LogP contribution in [-0.4, -0.2) is 55.8 Å². The maximum Gasteiger partial charge on any atom is 0.321 e. The van der Waals surface area contributed by atoms with Crippen LogP contribution >= 0.6 is 0 Å². The number of aromatic amines is 2. The average molecular weight is 849 g/mol. The Hall–Kier alpha value is -4.86. The number of aliphatic hydroxyl groups excluding tert-OH is 2. The summed E-state index contributed by atoms with van der Waals surface area (Å²) in [6.07, 6.45) is 13.3. The number of aliphatic hydroxyl groups is 2. The number of aryl methyl sites for hydroxylation is 2. The first-order chi connectivity index (χ1) is 29.6. The Kier molecular flexibility index (Phi) is 15.1. The van der Waals surface area contributed by atoms with Crippen molar-refractivity contribution < 1.29 is 29.3 Å². The van der Waals surface area contributed by atoms with Crippen molar-refractivity contribution in [2.75, 3.05) is 13.7 Å². The van der Waals surface area contributed by atoms with Gasteiger partial charge in [-0.3, -0.25) is 19.6 Å². The van der Waals surface area contributed by atoms with Gasteiger partial charge in [-0.2, -0.15) is 0 Å². The zero-order chi connectivity index (χ0) is 45.0. The molecule has 0 amide bonds. The number of nitrogens with one attached hydrogen (secondary N) is 2. The summed E-state index contributed by atoms with van der Waals surface area (Å²) in [5, 5.41) is 24.2. The van der Waals surface area contributed by atoms with E-state index in [0.717, 1.165) is 81.1 Å². The molecule has 7 atom stereocenters. The quantitative estimate of drug-likeness (QED) is 0.0774. The number of rotatable bonds is 17. The van der Waals surface area contributed by atoms with Gasteiger partial charge in [-0.1, -0.05) is 85.6 Å². The molecule has 1 aliphatic carbocycles. The minimum absolute atomic E-state index is 0.0752. The van der Waals surface area contributed by atoms with E-state index in [1.165, 1.54) is 51.2 Å². The SMILES string of the molecule is CCC[C@@H](C)CCC[C@@H](C)CCC/C(C)=C/COC(=O)CC[C@@H]1c2nc(cc3[nH]c(cc4nc(cc5[nH]c6c2[C@@H](C(=O)OC)C(O)=c6c5C)[C@H](CC)[C@H]4C)/c(=C(\C)O)c3C)[C@H]1C. The fourth-order valence-corrected chi connectivity index (χ4v) is 10.4. The zero-order valence-electron chi connectivity index (χ0n) is 39.3. The molecule has 4 N–H and O–H groups in total. The molecule has 3 aliphatic rings. The summed E-state index contributed by atoms with van der Waals surface area (Å²) < 4.78 is 11.1. The molecule has 3 aromatic heterocycles. The summed E-state index contributed by atoms with van der Waals surface area (Å²) in [7, 11) is 1.33. The molecule has 0 radical (unpaired) electrons. The second-order valence-electron chi connectivity index (χ2n) is 18.8. The second-order valence-corrected chi connectivity index (χ2v) is 18.8. The predicted octanol–water partition coefficient (Wildman–Crippen LogP) is 11.4. The Morgan fingerprint density at radius 1 is 0.839 bits per heavy atom. The average Bonchev–Trinajstić information content (AvgIpc) is 3.97. The van der Waals surface area contributed by atoms with Gasteiger partial charge in [0.05, 0.1) is 29.6 Å². The number of methoxy groups -OCH3 is 1. The van der Waals surface area contributed by atoms with Crippen LogP contribution in [0.1, 0.15) is 195 Å². The van der Waals surface area contributed by atoms with E-state index in [4.69, 9.17) is 19.4 Å². The lowest BCUT2D eigenvalue weighted by Crippen LogP contribution is -2.18. The lowest BCUT2D eigenvalue weighted by atomic mass is 9.84. The molecule has 0 aromatic carbocycles. The highest BCUT2D eigenvalue weighted by molar-refractivity contribution is 5.96. The van der Waals surface area contributed by atoms with E-state index in [0.29, 0.717) is 28.4 Å². The lowest BCUT2D eigenvalue weighted by Gasteiger charge is -2.19. The fraction of sp³-hybridized carbons (Fsp3) is 0.577. The molecule has 10 nitrogen and oxygen atoms in total. The first kappa shape index (κ1) is 46.6. The van der Waals surface area contributed by atoms with Crippen molar-refractivity contribution in [3.05, 3.63) is 79.8 Å². The van der Waals surface area contributed by atoms with Crippen LogP contribution in [-0.2, 0) is 19.1 Å². The first-order valence-corrected chi connectivity index (χ1v) is 23.4. The Bertz CT molecular complexity index is 2470. The molecule has 6 rings (SSSR count). The van der Waals surface area contributed by atoms with Crippen LogP contribution in [0.3, 0.4) is 0 Å². The van der Waals surface area contributed by atoms with Crippen molar-refractivity contribution in [1.82, 2.24) is 19.9 Å². The Morgan fingerprint density at radius 2 is 1.47 bits per heavy atom. The van der Waals surface area contributed by atoms with Gasteiger partial charge < -0.3 is 29.7 Å². The van der Waals surface area contributed by atoms with Gasteiger partial charge in [0.25, 0.3) is 0 Å². The summed E-state index contributed by atoms with van der Waals surface area (Å²) >= 11 is 0. The van der Waals surface area contributed by atoms with Crippen molar-refractivity contribution in [3.8, 4) is 0 Å². The van der Waals surface area contributed by atoms with Crippen molar-refractivity contribution >= 4 is 45.5 Å². The van der Waals surface area contributed by atoms with E-state index in [9.17, 15) is 19.8 Å². The molecule has 0 unspecified atom stereocenters. The zero-order valence-corrected chi connectivity index (χ0v) is 39.3. The number of hydrogen-bond acceptors (Lipinski definition) is 8. The molecular formula is C52H72N4O6. The van der Waals surface area contributed by atoms with E-state index in [1.54, 1.807) is 6.92 Å². The van der Waals surface area contributed by atoms with Gasteiger partial charge in [0.1, 0.15) is 18.3 Å². The predicted molar refractivity (Wildman–Crippen MR) is 250 cm³/mol. The number of allylic oxidation sites excluding steroid dienone is 1. The molecule has 3 aromatic rings. The molecule has 5 heterocycles. The number of carbonyl (C=O) groups is 2. The first-order valence-electron chi connectivity index (χ1n) is 23.4. The van der Waals surface area contributed by atoms with Gasteiger partial charge in [0.15, 0.2) is 0 Å². The van der Waals surface area contributed by atoms with Gasteiger partial charge in [0, 0.05) is 74.2 Å². The third-order valence-electron chi connectivity index (χ3n) is 14.2. The molecule has 0 saturated carbocycles. The van der Waals surface area contributed by atoms with E-state index in [2.05, 4.69) is 64.5 Å². The van der Waals surface area contributed by atoms with E-state index < -0.39 is 11.9 Å². The molecule has 2 aliphatic heterocycles. The van der Waals surface area contributed by atoms with Crippen LogP contribution in [0, 0.1) is 25.7 Å². The number of esters is 2. The minimum Gasteiger partial charge on any atom is -0.512 e. The highest BCUT2D eigenvalue weighted by atomic mass is 16.5. The number of hydrogen-bond donors (Lipinski definition) is 4. The van der Waals surface area contributed by atoms with Gasteiger partial charge >= 0.3 is 11.9 Å². The Morgan fingerprint density at radius 3 is 2.15 bits per heavy atom. The Labute approximate surface area is 368 Å². The van der Waals surface area contributed by atoms with Crippen LogP contribution in [0.25, 0.3) is 33.6 Å². The summed E-state index contributed by atoms with van der Waals surface area (Å²) in [6.45, 7) is 21.4. The second kappa shape index (κ2) is 20.1. The van der Waals surface area contributed by atoms with Gasteiger partial charge in [-0.05, 0) is 101 Å². The Balaban J connectivity index is 1.33. The van der Waals surface area contributed by atoms with Crippen LogP contribution < -0.4 is 10.4 Å². The maximum atomic E-state index is 13.6. The summed E-state index contributed by atoms with van der Waals surface area (Å²) in [5.74, 6) is -0.480. The number of H-pyrrole nitrogens is 2. The number of aromatic nitrogens is 4. The molecule has 8 bridgehead atoms. The van der Waals surface area contributed by atoms with E-state index in [-0.39, 0.29) is 54.2 Å². The van der Waals surface area contributed by atoms with Crippen molar-refractivity contribution in [1.29, 1.82) is 0 Å². The topological polar surface area (TPSA) is 150 Å². The molecule has 10 heteroatoms. The maximum absolute atomic E-state index is 13.6. The van der Waals surface area contributed by atoms with Crippen LogP contribution in [0.15, 0.2) is 29.8 Å². The highest BCUT2D eigenvalue weighted by Gasteiger charge is 2.41. The van der Waals surface area contributed by atoms with Gasteiger partial charge in [-0.15, -0.1) is 0 Å². The van der Waals surface area contributed by atoms with Crippen molar-refractivity contribution in [2.24, 2.45) is 11.8 Å². The molecule has 0 fully saturated rings. The number of ether oxygens (including phenoxy) is 2. The number of nitrogens with zero attached hydrogens (tertiary/aromatic N) is 2. The van der Waals surface area contributed by atoms with Gasteiger partial charge in [-0.25, -0.2) is 0 Å². The van der Waals surface area contributed by atoms with Crippen LogP contribution in [0.4, 0.5) is 0 Å². The summed E-state index contributed by atoms with van der Waals surface area (Å²) in [4.78, 5) is 44.7. The van der Waals surface area contributed by atoms with Crippen LogP contribution in [0.5, 0.6) is 0 Å².